The van der Waals surface area contributed by atoms with E-state index in [1.807, 2.05) is 0 Å². The van der Waals surface area contributed by atoms with Crippen LogP contribution in [0.2, 0.25) is 18.1 Å². The molecule has 0 aliphatic carbocycles. The van der Waals surface area contributed by atoms with E-state index in [-0.39, 0.29) is 5.97 Å². The second kappa shape index (κ2) is 8.83. The van der Waals surface area contributed by atoms with Crippen LogP contribution in [0.1, 0.15) is 33.6 Å². The molecule has 0 aromatic heterocycles. The van der Waals surface area contributed by atoms with Gasteiger partial charge in [0.1, 0.15) is 0 Å². The second-order valence-electron chi connectivity index (χ2n) is 5.73. The van der Waals surface area contributed by atoms with E-state index in [0.717, 1.165) is 12.8 Å². The molecule has 2 nitrogen and oxygen atoms in total. The van der Waals surface area contributed by atoms with Gasteiger partial charge in [-0.3, -0.25) is 0 Å². The quantitative estimate of drug-likeness (QED) is 0.294. The van der Waals surface area contributed by atoms with Crippen molar-refractivity contribution in [2.75, 3.05) is 6.61 Å². The minimum Gasteiger partial charge on any atom is -0.462 e. The van der Waals surface area contributed by atoms with Crippen LogP contribution in [0.15, 0.2) is 42.5 Å². The maximum absolute atomic E-state index is 11.3. The van der Waals surface area contributed by atoms with Crippen molar-refractivity contribution in [1.82, 2.24) is 0 Å². The first-order valence-electron chi connectivity index (χ1n) is 7.94. The first-order valence-corrected chi connectivity index (χ1v) is 10.6. The Morgan fingerprint density at radius 1 is 1.14 bits per heavy atom. The van der Waals surface area contributed by atoms with E-state index in [4.69, 9.17) is 4.74 Å². The number of unbranched alkanes of at least 4 members (excludes halogenated alkanes) is 1. The lowest BCUT2D eigenvalue weighted by atomic mass is 10.3. The van der Waals surface area contributed by atoms with Gasteiger partial charge < -0.3 is 4.74 Å². The number of carbonyl (C=O) groups is 1. The van der Waals surface area contributed by atoms with Crippen LogP contribution in [0.25, 0.3) is 0 Å². The minimum atomic E-state index is -1.38. The van der Waals surface area contributed by atoms with Crippen molar-refractivity contribution >= 4 is 19.2 Å². The van der Waals surface area contributed by atoms with Crippen LogP contribution in [0.5, 0.6) is 0 Å². The van der Waals surface area contributed by atoms with Crippen molar-refractivity contribution in [1.29, 1.82) is 0 Å². The normalized spacial score (nSPS) is 11.2. The molecule has 1 aromatic carbocycles. The van der Waals surface area contributed by atoms with Crippen molar-refractivity contribution in [3.8, 4) is 0 Å². The van der Waals surface area contributed by atoms with Crippen molar-refractivity contribution in [3.63, 3.8) is 0 Å². The highest BCUT2D eigenvalue weighted by Crippen LogP contribution is 2.23. The Labute approximate surface area is 130 Å². The Balaban J connectivity index is 2.49. The molecule has 0 amide bonds. The summed E-state index contributed by atoms with van der Waals surface area (Å²) in [4.78, 5) is 11.3. The highest BCUT2D eigenvalue weighted by molar-refractivity contribution is 6.91. The molecular formula is C18H28O2Si. The van der Waals surface area contributed by atoms with Gasteiger partial charge in [0.2, 0.25) is 0 Å². The fourth-order valence-electron chi connectivity index (χ4n) is 2.80. The lowest BCUT2D eigenvalue weighted by Gasteiger charge is -2.30. The summed E-state index contributed by atoms with van der Waals surface area (Å²) in [5, 5.41) is 1.56. The molecule has 0 radical (unpaired) electrons. The summed E-state index contributed by atoms with van der Waals surface area (Å²) in [6, 6.07) is 14.8. The van der Waals surface area contributed by atoms with Gasteiger partial charge in [-0.2, -0.15) is 0 Å². The van der Waals surface area contributed by atoms with E-state index in [9.17, 15) is 4.79 Å². The number of rotatable bonds is 9. The standard InChI is InChI=1S/C18H28O2Si/c1-5-21(6-2,17-12-8-7-9-13-17)15-11-10-14-20-18(19)16(3)4/h7-9,12-13H,3,5-6,10-11,14-15H2,1-2,4H3. The maximum atomic E-state index is 11.3. The molecule has 0 N–H and O–H groups in total. The summed E-state index contributed by atoms with van der Waals surface area (Å²) in [6.45, 7) is 10.4. The Kier molecular flexibility index (Phi) is 7.44. The van der Waals surface area contributed by atoms with Gasteiger partial charge in [-0.15, -0.1) is 0 Å². The molecule has 0 unspecified atom stereocenters. The van der Waals surface area contributed by atoms with Gasteiger partial charge in [0.25, 0.3) is 0 Å². The molecule has 0 saturated carbocycles. The van der Waals surface area contributed by atoms with E-state index >= 15 is 0 Å². The van der Waals surface area contributed by atoms with Crippen molar-refractivity contribution < 1.29 is 9.53 Å². The summed E-state index contributed by atoms with van der Waals surface area (Å²) in [5.41, 5.74) is 0.477. The van der Waals surface area contributed by atoms with E-state index in [0.29, 0.717) is 12.2 Å². The third-order valence-corrected chi connectivity index (χ3v) is 9.95. The molecule has 0 heterocycles. The van der Waals surface area contributed by atoms with Crippen molar-refractivity contribution in [3.05, 3.63) is 42.5 Å². The van der Waals surface area contributed by atoms with E-state index < -0.39 is 8.07 Å². The molecule has 0 saturated heterocycles. The average molecular weight is 305 g/mol. The zero-order chi connectivity index (χ0) is 15.7. The lowest BCUT2D eigenvalue weighted by molar-refractivity contribution is -0.139. The first kappa shape index (κ1) is 17.7. The molecule has 0 bridgehead atoms. The summed E-state index contributed by atoms with van der Waals surface area (Å²) in [6.07, 6.45) is 2.08. The van der Waals surface area contributed by atoms with Crippen LogP contribution < -0.4 is 5.19 Å². The Bertz CT molecular complexity index is 450. The predicted octanol–water partition coefficient (Wildman–Crippen LogP) is 4.28. The maximum Gasteiger partial charge on any atom is 0.333 e. The summed E-state index contributed by atoms with van der Waals surface area (Å²) in [7, 11) is -1.38. The monoisotopic (exact) mass is 304 g/mol. The van der Waals surface area contributed by atoms with Crippen molar-refractivity contribution in [2.45, 2.75) is 51.7 Å². The first-order chi connectivity index (χ1) is 10.1. The molecule has 0 aliphatic heterocycles. The molecule has 0 atom stereocenters. The molecule has 1 aromatic rings. The van der Waals surface area contributed by atoms with Gasteiger partial charge in [0.15, 0.2) is 0 Å². The van der Waals surface area contributed by atoms with Crippen LogP contribution in [0.4, 0.5) is 0 Å². The average Bonchev–Trinajstić information content (AvgIpc) is 2.52. The van der Waals surface area contributed by atoms with Crippen LogP contribution >= 0.6 is 0 Å². The fraction of sp³-hybridized carbons (Fsp3) is 0.500. The molecular weight excluding hydrogens is 276 g/mol. The minimum absolute atomic E-state index is 0.271. The topological polar surface area (TPSA) is 26.3 Å². The molecule has 21 heavy (non-hydrogen) atoms. The van der Waals surface area contributed by atoms with Crippen LogP contribution in [0, 0.1) is 0 Å². The van der Waals surface area contributed by atoms with Gasteiger partial charge in [-0.1, -0.05) is 80.5 Å². The molecule has 1 rings (SSSR count). The number of esters is 1. The molecule has 0 fully saturated rings. The smallest absolute Gasteiger partial charge is 0.333 e. The molecule has 0 spiro atoms. The number of ether oxygens (including phenoxy) is 1. The largest absolute Gasteiger partial charge is 0.462 e. The highest BCUT2D eigenvalue weighted by atomic mass is 28.3. The summed E-state index contributed by atoms with van der Waals surface area (Å²) in [5.74, 6) is -0.271. The second-order valence-corrected chi connectivity index (χ2v) is 10.8. The third kappa shape index (κ3) is 5.16. The fourth-order valence-corrected chi connectivity index (χ4v) is 6.94. The van der Waals surface area contributed by atoms with Crippen molar-refractivity contribution in [2.24, 2.45) is 0 Å². The predicted molar refractivity (Wildman–Crippen MR) is 92.6 cm³/mol. The van der Waals surface area contributed by atoms with Gasteiger partial charge in [-0.25, -0.2) is 4.79 Å². The van der Waals surface area contributed by atoms with Crippen LogP contribution in [-0.2, 0) is 9.53 Å². The van der Waals surface area contributed by atoms with Gasteiger partial charge in [0, 0.05) is 5.57 Å². The lowest BCUT2D eigenvalue weighted by Crippen LogP contribution is -2.46. The molecule has 0 aliphatic rings. The van der Waals surface area contributed by atoms with E-state index in [2.05, 4.69) is 50.8 Å². The van der Waals surface area contributed by atoms with Gasteiger partial charge >= 0.3 is 5.97 Å². The number of carbonyl (C=O) groups excluding carboxylic acids is 1. The summed E-state index contributed by atoms with van der Waals surface area (Å²) >= 11 is 0. The van der Waals surface area contributed by atoms with Gasteiger partial charge in [-0.05, 0) is 13.3 Å². The Morgan fingerprint density at radius 2 is 1.76 bits per heavy atom. The van der Waals surface area contributed by atoms with Crippen LogP contribution in [-0.4, -0.2) is 20.7 Å². The zero-order valence-electron chi connectivity index (χ0n) is 13.7. The number of hydrogen-bond donors (Lipinski definition) is 0. The Morgan fingerprint density at radius 3 is 2.29 bits per heavy atom. The molecule has 116 valence electrons. The molecule has 3 heteroatoms. The van der Waals surface area contributed by atoms with Crippen LogP contribution in [0.3, 0.4) is 0 Å². The Hall–Kier alpha value is -1.35. The summed E-state index contributed by atoms with van der Waals surface area (Å²) < 4.78 is 5.17. The van der Waals surface area contributed by atoms with Gasteiger partial charge in [0.05, 0.1) is 14.7 Å². The highest BCUT2D eigenvalue weighted by Gasteiger charge is 2.30. The third-order valence-electron chi connectivity index (χ3n) is 4.37. The zero-order valence-corrected chi connectivity index (χ0v) is 14.7. The van der Waals surface area contributed by atoms with E-state index in [1.165, 1.54) is 18.1 Å². The number of hydrogen-bond acceptors (Lipinski definition) is 2. The SMILES string of the molecule is C=C(C)C(=O)OCCCC[Si](CC)(CC)c1ccccc1. The number of benzene rings is 1. The van der Waals surface area contributed by atoms with E-state index in [1.54, 1.807) is 12.1 Å².